The summed E-state index contributed by atoms with van der Waals surface area (Å²) < 4.78 is 0. The van der Waals surface area contributed by atoms with Crippen LogP contribution in [0.15, 0.2) is 47.8 Å². The summed E-state index contributed by atoms with van der Waals surface area (Å²) in [5, 5.41) is 5.98. The van der Waals surface area contributed by atoms with Gasteiger partial charge in [-0.15, -0.1) is 22.7 Å². The maximum absolute atomic E-state index is 12.4. The summed E-state index contributed by atoms with van der Waals surface area (Å²) in [5.74, 6) is 0.604. The summed E-state index contributed by atoms with van der Waals surface area (Å²) in [7, 11) is 0. The number of rotatable bonds is 7. The predicted octanol–water partition coefficient (Wildman–Crippen LogP) is 3.93. The van der Waals surface area contributed by atoms with Gasteiger partial charge in [-0.25, -0.2) is 4.98 Å². The molecular weight excluding hydrogens is 362 g/mol. The van der Waals surface area contributed by atoms with Crippen molar-refractivity contribution in [3.05, 3.63) is 52.7 Å². The molecule has 1 atom stereocenters. The van der Waals surface area contributed by atoms with Crippen LogP contribution in [0.4, 0.5) is 0 Å². The molecule has 0 aliphatic heterocycles. The molecule has 1 fully saturated rings. The quantitative estimate of drug-likeness (QED) is 0.649. The molecule has 1 saturated carbocycles. The highest BCUT2D eigenvalue weighted by atomic mass is 32.1. The molecule has 2 heterocycles. The van der Waals surface area contributed by atoms with Crippen LogP contribution in [0.3, 0.4) is 0 Å². The van der Waals surface area contributed by atoms with Crippen LogP contribution in [-0.4, -0.2) is 23.5 Å². The number of thiophene rings is 1. The minimum absolute atomic E-state index is 0.0159. The molecule has 0 saturated heterocycles. The highest BCUT2D eigenvalue weighted by Crippen LogP contribution is 2.36. The maximum Gasteiger partial charge on any atom is 0.225 e. The first-order valence-electron chi connectivity index (χ1n) is 8.82. The van der Waals surface area contributed by atoms with Crippen LogP contribution >= 0.6 is 22.7 Å². The number of carbonyl (C=O) groups is 1. The molecule has 1 aliphatic rings. The number of nitrogens with zero attached hydrogens (tertiary/aromatic N) is 1. The number of thiazole rings is 1. The van der Waals surface area contributed by atoms with Gasteiger partial charge in [0.2, 0.25) is 5.91 Å². The smallest absolute Gasteiger partial charge is 0.225 e. The zero-order chi connectivity index (χ0) is 17.9. The summed E-state index contributed by atoms with van der Waals surface area (Å²) in [4.78, 5) is 19.4. The second-order valence-corrected chi connectivity index (χ2v) is 8.65. The number of aromatic nitrogens is 1. The third-order valence-electron chi connectivity index (χ3n) is 4.56. The lowest BCUT2D eigenvalue weighted by atomic mass is 10.2. The monoisotopic (exact) mass is 383 g/mol. The normalized spacial score (nSPS) is 15.0. The average molecular weight is 384 g/mol. The molecule has 4 rings (SSSR count). The zero-order valence-electron chi connectivity index (χ0n) is 14.4. The summed E-state index contributed by atoms with van der Waals surface area (Å²) in [5.41, 5.74) is 8.09. The number of hydrogen-bond donors (Lipinski definition) is 2. The van der Waals surface area contributed by atoms with Crippen LogP contribution in [0.1, 0.15) is 17.7 Å². The van der Waals surface area contributed by atoms with Crippen LogP contribution < -0.4 is 11.1 Å². The summed E-state index contributed by atoms with van der Waals surface area (Å²) in [6.07, 6.45) is 2.72. The minimum atomic E-state index is 0.0159. The molecule has 134 valence electrons. The van der Waals surface area contributed by atoms with Gasteiger partial charge in [-0.2, -0.15) is 0 Å². The Labute approximate surface area is 161 Å². The summed E-state index contributed by atoms with van der Waals surface area (Å²) in [6.45, 7) is 0.558. The number of hydrogen-bond acceptors (Lipinski definition) is 5. The fraction of sp³-hybridized carbons (Fsp3) is 0.300. The van der Waals surface area contributed by atoms with E-state index in [1.54, 1.807) is 22.7 Å². The maximum atomic E-state index is 12.4. The van der Waals surface area contributed by atoms with Gasteiger partial charge in [0.15, 0.2) is 0 Å². The van der Waals surface area contributed by atoms with Gasteiger partial charge >= 0.3 is 0 Å². The van der Waals surface area contributed by atoms with Gasteiger partial charge in [-0.1, -0.05) is 36.4 Å². The zero-order valence-corrected chi connectivity index (χ0v) is 16.0. The summed E-state index contributed by atoms with van der Waals surface area (Å²) >= 11 is 3.24. The van der Waals surface area contributed by atoms with Crippen LogP contribution in [0.2, 0.25) is 0 Å². The molecule has 6 heteroatoms. The van der Waals surface area contributed by atoms with Gasteiger partial charge in [0.05, 0.1) is 17.0 Å². The Hall–Kier alpha value is -2.02. The van der Waals surface area contributed by atoms with Gasteiger partial charge in [0.1, 0.15) is 5.01 Å². The number of benzene rings is 1. The Kier molecular flexibility index (Phi) is 5.15. The fourth-order valence-corrected chi connectivity index (χ4v) is 4.80. The second kappa shape index (κ2) is 7.70. The molecule has 1 aliphatic carbocycles. The van der Waals surface area contributed by atoms with E-state index in [2.05, 4.69) is 23.5 Å². The molecule has 3 N–H and O–H groups in total. The highest BCUT2D eigenvalue weighted by Gasteiger charge is 2.28. The Morgan fingerprint density at radius 1 is 1.23 bits per heavy atom. The number of amides is 1. The Balaban J connectivity index is 1.53. The van der Waals surface area contributed by atoms with Crippen LogP contribution in [0.5, 0.6) is 0 Å². The van der Waals surface area contributed by atoms with Gasteiger partial charge in [0.25, 0.3) is 0 Å². The van der Waals surface area contributed by atoms with Crippen LogP contribution in [0, 0.1) is 5.92 Å². The lowest BCUT2D eigenvalue weighted by Gasteiger charge is -2.11. The number of carbonyl (C=O) groups excluding carboxylic acids is 1. The lowest BCUT2D eigenvalue weighted by Crippen LogP contribution is -2.39. The Morgan fingerprint density at radius 2 is 2.04 bits per heavy atom. The van der Waals surface area contributed by atoms with Crippen molar-refractivity contribution in [2.24, 2.45) is 11.7 Å². The predicted molar refractivity (Wildman–Crippen MR) is 108 cm³/mol. The van der Waals surface area contributed by atoms with E-state index in [9.17, 15) is 4.79 Å². The molecule has 2 aromatic heterocycles. The Morgan fingerprint density at radius 3 is 2.73 bits per heavy atom. The Bertz CT molecular complexity index is 870. The molecule has 1 unspecified atom stereocenters. The molecular formula is C20H21N3OS2. The van der Waals surface area contributed by atoms with Crippen LogP contribution in [-0.2, 0) is 11.2 Å². The highest BCUT2D eigenvalue weighted by molar-refractivity contribution is 7.17. The van der Waals surface area contributed by atoms with Crippen molar-refractivity contribution in [2.45, 2.75) is 25.3 Å². The van der Waals surface area contributed by atoms with Gasteiger partial charge < -0.3 is 11.1 Å². The molecule has 26 heavy (non-hydrogen) atoms. The van der Waals surface area contributed by atoms with E-state index in [1.165, 1.54) is 12.8 Å². The van der Waals surface area contributed by atoms with Crippen LogP contribution in [0.25, 0.3) is 21.1 Å². The molecule has 1 aromatic carbocycles. The van der Waals surface area contributed by atoms with E-state index in [4.69, 9.17) is 10.7 Å². The average Bonchev–Trinajstić information content (AvgIpc) is 3.21. The molecule has 0 spiro atoms. The first-order valence-corrected chi connectivity index (χ1v) is 10.5. The first kappa shape index (κ1) is 17.4. The summed E-state index contributed by atoms with van der Waals surface area (Å²) in [6, 6.07) is 14.3. The van der Waals surface area contributed by atoms with E-state index in [0.29, 0.717) is 18.9 Å². The fourth-order valence-electron chi connectivity index (χ4n) is 2.91. The molecule has 4 nitrogen and oxygen atoms in total. The van der Waals surface area contributed by atoms with Gasteiger partial charge in [-0.05, 0) is 30.2 Å². The van der Waals surface area contributed by atoms with E-state index < -0.39 is 0 Å². The van der Waals surface area contributed by atoms with Crippen molar-refractivity contribution in [3.63, 3.8) is 0 Å². The van der Waals surface area contributed by atoms with Gasteiger partial charge in [0, 0.05) is 23.0 Å². The van der Waals surface area contributed by atoms with Crippen molar-refractivity contribution < 1.29 is 4.79 Å². The largest absolute Gasteiger partial charge is 0.354 e. The van der Waals surface area contributed by atoms with Crippen molar-refractivity contribution in [1.29, 1.82) is 0 Å². The molecule has 0 radical (unpaired) electrons. The second-order valence-electron chi connectivity index (χ2n) is 6.62. The molecule has 0 bridgehead atoms. The van der Waals surface area contributed by atoms with E-state index in [1.807, 2.05) is 29.6 Å². The van der Waals surface area contributed by atoms with Crippen molar-refractivity contribution >= 4 is 28.6 Å². The molecule has 1 amide bonds. The number of nitrogens with two attached hydrogens (primary N) is 1. The van der Waals surface area contributed by atoms with Gasteiger partial charge in [-0.3, -0.25) is 4.79 Å². The standard InChI is InChI=1S/C20H21N3OS2/c21-15(13-8-9-13)12-22-18(24)11-17-19(16-7-4-10-25-16)23-20(26-17)14-5-2-1-3-6-14/h1-7,10,13,15H,8-9,11-12,21H2,(H,22,24). The van der Waals surface area contributed by atoms with Crippen molar-refractivity contribution in [2.75, 3.05) is 6.54 Å². The van der Waals surface area contributed by atoms with E-state index in [-0.39, 0.29) is 11.9 Å². The van der Waals surface area contributed by atoms with Crippen molar-refractivity contribution in [1.82, 2.24) is 10.3 Å². The topological polar surface area (TPSA) is 68.0 Å². The lowest BCUT2D eigenvalue weighted by molar-refractivity contribution is -0.120. The first-order chi connectivity index (χ1) is 12.7. The van der Waals surface area contributed by atoms with E-state index >= 15 is 0 Å². The van der Waals surface area contributed by atoms with E-state index in [0.717, 1.165) is 26.0 Å². The SMILES string of the molecule is NC(CNC(=O)Cc1sc(-c2ccccc2)nc1-c1cccs1)C1CC1. The third-order valence-corrected chi connectivity index (χ3v) is 6.54. The number of nitrogens with one attached hydrogen (secondary N) is 1. The molecule has 3 aromatic rings. The van der Waals surface area contributed by atoms with Crippen molar-refractivity contribution in [3.8, 4) is 21.1 Å². The third kappa shape index (κ3) is 4.03. The minimum Gasteiger partial charge on any atom is -0.354 e.